The average molecular weight is 301 g/mol. The Kier molecular flexibility index (Phi) is 10.3. The number of hydrogen-bond donors (Lipinski definition) is 3. The SMILES string of the molecule is CCCCCCCC(C)C(=O)N[C@@H](CCC(=O)O)C(=O)O. The highest BCUT2D eigenvalue weighted by Crippen LogP contribution is 2.12. The van der Waals surface area contributed by atoms with Crippen LogP contribution in [0.3, 0.4) is 0 Å². The van der Waals surface area contributed by atoms with Crippen LogP contribution >= 0.6 is 0 Å². The first-order valence-corrected chi connectivity index (χ1v) is 7.63. The quantitative estimate of drug-likeness (QED) is 0.480. The van der Waals surface area contributed by atoms with Crippen molar-refractivity contribution >= 4 is 17.8 Å². The summed E-state index contributed by atoms with van der Waals surface area (Å²) in [4.78, 5) is 33.4. The smallest absolute Gasteiger partial charge is 0.326 e. The predicted molar refractivity (Wildman–Crippen MR) is 79.0 cm³/mol. The molecular formula is C15H27NO5. The number of carbonyl (C=O) groups is 3. The lowest BCUT2D eigenvalue weighted by molar-refractivity contribution is -0.143. The Morgan fingerprint density at radius 1 is 1.00 bits per heavy atom. The van der Waals surface area contributed by atoms with Crippen molar-refractivity contribution < 1.29 is 24.6 Å². The highest BCUT2D eigenvalue weighted by Gasteiger charge is 2.23. The zero-order valence-electron chi connectivity index (χ0n) is 12.9. The van der Waals surface area contributed by atoms with E-state index in [2.05, 4.69) is 12.2 Å². The van der Waals surface area contributed by atoms with Crippen molar-refractivity contribution in [2.75, 3.05) is 0 Å². The average Bonchev–Trinajstić information content (AvgIpc) is 2.42. The van der Waals surface area contributed by atoms with Crippen LogP contribution in [0.1, 0.15) is 65.2 Å². The summed E-state index contributed by atoms with van der Waals surface area (Å²) in [6.07, 6.45) is 5.88. The Labute approximate surface area is 125 Å². The zero-order chi connectivity index (χ0) is 16.3. The summed E-state index contributed by atoms with van der Waals surface area (Å²) in [7, 11) is 0. The maximum Gasteiger partial charge on any atom is 0.326 e. The number of rotatable bonds is 12. The summed E-state index contributed by atoms with van der Waals surface area (Å²) < 4.78 is 0. The fraction of sp³-hybridized carbons (Fsp3) is 0.800. The molecule has 0 aromatic rings. The molecule has 0 fully saturated rings. The van der Waals surface area contributed by atoms with Crippen molar-refractivity contribution in [2.24, 2.45) is 5.92 Å². The molecule has 0 spiro atoms. The van der Waals surface area contributed by atoms with Crippen LogP contribution in [0.25, 0.3) is 0 Å². The van der Waals surface area contributed by atoms with Gasteiger partial charge in [0.1, 0.15) is 6.04 Å². The molecule has 0 aliphatic heterocycles. The Hall–Kier alpha value is -1.59. The summed E-state index contributed by atoms with van der Waals surface area (Å²) in [6.45, 7) is 3.91. The van der Waals surface area contributed by atoms with Gasteiger partial charge in [-0.3, -0.25) is 9.59 Å². The molecule has 3 N–H and O–H groups in total. The van der Waals surface area contributed by atoms with E-state index < -0.39 is 18.0 Å². The van der Waals surface area contributed by atoms with E-state index >= 15 is 0 Å². The van der Waals surface area contributed by atoms with Crippen LogP contribution in [0.2, 0.25) is 0 Å². The molecule has 1 unspecified atom stereocenters. The van der Waals surface area contributed by atoms with E-state index in [0.29, 0.717) is 0 Å². The fourth-order valence-corrected chi connectivity index (χ4v) is 2.02. The molecule has 6 heteroatoms. The van der Waals surface area contributed by atoms with Gasteiger partial charge in [-0.15, -0.1) is 0 Å². The number of hydrogen-bond acceptors (Lipinski definition) is 3. The summed E-state index contributed by atoms with van der Waals surface area (Å²) >= 11 is 0. The van der Waals surface area contributed by atoms with E-state index in [-0.39, 0.29) is 24.7 Å². The van der Waals surface area contributed by atoms with Crippen LogP contribution < -0.4 is 5.32 Å². The molecule has 6 nitrogen and oxygen atoms in total. The lowest BCUT2D eigenvalue weighted by Gasteiger charge is -2.17. The van der Waals surface area contributed by atoms with Crippen molar-refractivity contribution in [1.29, 1.82) is 0 Å². The highest BCUT2D eigenvalue weighted by molar-refractivity contribution is 5.85. The second-order valence-electron chi connectivity index (χ2n) is 5.44. The molecule has 0 aliphatic rings. The minimum Gasteiger partial charge on any atom is -0.481 e. The van der Waals surface area contributed by atoms with Crippen LogP contribution in [-0.2, 0) is 14.4 Å². The molecule has 0 radical (unpaired) electrons. The molecule has 0 saturated carbocycles. The summed E-state index contributed by atoms with van der Waals surface area (Å²) in [5, 5.41) is 20.0. The molecule has 21 heavy (non-hydrogen) atoms. The molecule has 0 saturated heterocycles. The maximum atomic E-state index is 11.9. The minimum absolute atomic E-state index is 0.0976. The van der Waals surface area contributed by atoms with Gasteiger partial charge in [-0.2, -0.15) is 0 Å². The molecule has 0 rings (SSSR count). The van der Waals surface area contributed by atoms with Gasteiger partial charge in [0.2, 0.25) is 5.91 Å². The van der Waals surface area contributed by atoms with Crippen LogP contribution in [0.15, 0.2) is 0 Å². The topological polar surface area (TPSA) is 104 Å². The number of nitrogens with one attached hydrogen (secondary N) is 1. The standard InChI is InChI=1S/C15H27NO5/c1-3-4-5-6-7-8-11(2)14(19)16-12(15(20)21)9-10-13(17)18/h11-12H,3-10H2,1-2H3,(H,16,19)(H,17,18)(H,20,21)/t11?,12-/m0/s1. The van der Waals surface area contributed by atoms with E-state index in [1.54, 1.807) is 6.92 Å². The molecule has 0 heterocycles. The van der Waals surface area contributed by atoms with Crippen LogP contribution in [0.4, 0.5) is 0 Å². The van der Waals surface area contributed by atoms with Gasteiger partial charge in [0.05, 0.1) is 0 Å². The fourth-order valence-electron chi connectivity index (χ4n) is 2.02. The van der Waals surface area contributed by atoms with Crippen molar-refractivity contribution in [3.8, 4) is 0 Å². The third-order valence-corrected chi connectivity index (χ3v) is 3.45. The zero-order valence-corrected chi connectivity index (χ0v) is 12.9. The number of carboxylic acid groups (broad SMARTS) is 2. The van der Waals surface area contributed by atoms with Gasteiger partial charge in [0.25, 0.3) is 0 Å². The Morgan fingerprint density at radius 2 is 1.62 bits per heavy atom. The predicted octanol–water partition coefficient (Wildman–Crippen LogP) is 2.42. The monoisotopic (exact) mass is 301 g/mol. The Balaban J connectivity index is 4.10. The summed E-state index contributed by atoms with van der Waals surface area (Å²) in [5.41, 5.74) is 0. The van der Waals surface area contributed by atoms with Crippen LogP contribution in [-0.4, -0.2) is 34.1 Å². The molecule has 0 bridgehead atoms. The lowest BCUT2D eigenvalue weighted by atomic mass is 10.0. The Bertz CT molecular complexity index is 343. The number of carbonyl (C=O) groups excluding carboxylic acids is 1. The second kappa shape index (κ2) is 11.1. The van der Waals surface area contributed by atoms with Gasteiger partial charge in [-0.1, -0.05) is 46.0 Å². The lowest BCUT2D eigenvalue weighted by Crippen LogP contribution is -2.43. The van der Waals surface area contributed by atoms with E-state index in [1.165, 1.54) is 12.8 Å². The third kappa shape index (κ3) is 9.87. The van der Waals surface area contributed by atoms with E-state index in [9.17, 15) is 14.4 Å². The van der Waals surface area contributed by atoms with Crippen LogP contribution in [0, 0.1) is 5.92 Å². The third-order valence-electron chi connectivity index (χ3n) is 3.45. The molecule has 1 amide bonds. The number of unbranched alkanes of at least 4 members (excludes halogenated alkanes) is 4. The van der Waals surface area contributed by atoms with Gasteiger partial charge in [-0.05, 0) is 12.8 Å². The first-order valence-electron chi connectivity index (χ1n) is 7.63. The Morgan fingerprint density at radius 3 is 2.14 bits per heavy atom. The first kappa shape index (κ1) is 19.4. The van der Waals surface area contributed by atoms with Gasteiger partial charge in [0.15, 0.2) is 0 Å². The summed E-state index contributed by atoms with van der Waals surface area (Å²) in [5.74, 6) is -2.83. The molecule has 0 aromatic carbocycles. The first-order chi connectivity index (χ1) is 9.88. The van der Waals surface area contributed by atoms with E-state index in [0.717, 1.165) is 25.7 Å². The van der Waals surface area contributed by atoms with Gasteiger partial charge < -0.3 is 15.5 Å². The normalized spacial score (nSPS) is 13.4. The second-order valence-corrected chi connectivity index (χ2v) is 5.44. The largest absolute Gasteiger partial charge is 0.481 e. The van der Waals surface area contributed by atoms with Crippen LogP contribution in [0.5, 0.6) is 0 Å². The highest BCUT2D eigenvalue weighted by atomic mass is 16.4. The molecule has 0 aromatic heterocycles. The minimum atomic E-state index is -1.19. The van der Waals surface area contributed by atoms with Crippen molar-refractivity contribution in [2.45, 2.75) is 71.3 Å². The van der Waals surface area contributed by atoms with E-state index in [4.69, 9.17) is 10.2 Å². The number of carboxylic acids is 2. The summed E-state index contributed by atoms with van der Waals surface area (Å²) in [6, 6.07) is -1.13. The maximum absolute atomic E-state index is 11.9. The molecule has 122 valence electrons. The number of amides is 1. The van der Waals surface area contributed by atoms with E-state index in [1.807, 2.05) is 0 Å². The molecule has 0 aliphatic carbocycles. The van der Waals surface area contributed by atoms with Gasteiger partial charge in [0, 0.05) is 12.3 Å². The number of aliphatic carboxylic acids is 2. The van der Waals surface area contributed by atoms with Gasteiger partial charge >= 0.3 is 11.9 Å². The van der Waals surface area contributed by atoms with Crippen molar-refractivity contribution in [1.82, 2.24) is 5.32 Å². The van der Waals surface area contributed by atoms with Crippen molar-refractivity contribution in [3.05, 3.63) is 0 Å². The van der Waals surface area contributed by atoms with Crippen molar-refractivity contribution in [3.63, 3.8) is 0 Å². The molecular weight excluding hydrogens is 274 g/mol. The molecule has 2 atom stereocenters. The van der Waals surface area contributed by atoms with Gasteiger partial charge in [-0.25, -0.2) is 4.79 Å².